The summed E-state index contributed by atoms with van der Waals surface area (Å²) in [7, 11) is 0. The molecule has 0 saturated carbocycles. The summed E-state index contributed by atoms with van der Waals surface area (Å²) >= 11 is 4.37. The van der Waals surface area contributed by atoms with Gasteiger partial charge in [-0.1, -0.05) is 0 Å². The summed E-state index contributed by atoms with van der Waals surface area (Å²) in [5.74, 6) is 0.719. The van der Waals surface area contributed by atoms with E-state index in [9.17, 15) is 0 Å². The first-order valence-electron chi connectivity index (χ1n) is 4.76. The van der Waals surface area contributed by atoms with Gasteiger partial charge in [0.2, 0.25) is 0 Å². The van der Waals surface area contributed by atoms with Crippen LogP contribution >= 0.6 is 45.2 Å². The third kappa shape index (κ3) is 3.86. The Labute approximate surface area is 127 Å². The quantitative estimate of drug-likeness (QED) is 0.522. The molecule has 0 aromatic heterocycles. The van der Waals surface area contributed by atoms with Crippen LogP contribution < -0.4 is 4.74 Å². The van der Waals surface area contributed by atoms with Crippen LogP contribution in [0.4, 0.5) is 0 Å². The van der Waals surface area contributed by atoms with Crippen LogP contribution in [-0.4, -0.2) is 6.61 Å². The van der Waals surface area contributed by atoms with Gasteiger partial charge < -0.3 is 4.74 Å². The molecule has 1 rings (SSSR count). The van der Waals surface area contributed by atoms with Crippen molar-refractivity contribution in [2.75, 3.05) is 6.61 Å². The second-order valence-electron chi connectivity index (χ2n) is 3.02. The Kier molecular flexibility index (Phi) is 5.72. The average molecular weight is 450 g/mol. The number of hydrogen-bond donors (Lipinski definition) is 0. The van der Waals surface area contributed by atoms with Crippen molar-refractivity contribution < 1.29 is 4.74 Å². The lowest BCUT2D eigenvalue weighted by molar-refractivity contribution is 0.337. The third-order valence-electron chi connectivity index (χ3n) is 1.87. The molecule has 86 valence electrons. The molecule has 0 aliphatic carbocycles. The Bertz CT molecular complexity index is 523. The molecular weight excluding hydrogens is 442 g/mol. The van der Waals surface area contributed by atoms with Crippen LogP contribution in [0.15, 0.2) is 17.7 Å². The van der Waals surface area contributed by atoms with Crippen molar-refractivity contribution in [1.29, 1.82) is 10.5 Å². The fourth-order valence-corrected chi connectivity index (χ4v) is 3.27. The highest BCUT2D eigenvalue weighted by Gasteiger charge is 2.09. The van der Waals surface area contributed by atoms with E-state index in [1.54, 1.807) is 6.08 Å². The van der Waals surface area contributed by atoms with E-state index in [1.165, 1.54) is 0 Å². The van der Waals surface area contributed by atoms with Gasteiger partial charge >= 0.3 is 0 Å². The number of benzene rings is 1. The summed E-state index contributed by atoms with van der Waals surface area (Å²) in [6.45, 7) is 2.45. The zero-order valence-corrected chi connectivity index (χ0v) is 13.3. The molecule has 0 spiro atoms. The molecule has 0 amide bonds. The van der Waals surface area contributed by atoms with Gasteiger partial charge in [-0.3, -0.25) is 0 Å². The van der Waals surface area contributed by atoms with E-state index >= 15 is 0 Å². The zero-order valence-electron chi connectivity index (χ0n) is 9.00. The summed E-state index contributed by atoms with van der Waals surface area (Å²) in [5.41, 5.74) is 0.838. The molecule has 0 fully saturated rings. The van der Waals surface area contributed by atoms with Crippen molar-refractivity contribution in [1.82, 2.24) is 0 Å². The summed E-state index contributed by atoms with van der Waals surface area (Å²) < 4.78 is 7.55. The van der Waals surface area contributed by atoms with Crippen LogP contribution in [0.1, 0.15) is 12.5 Å². The van der Waals surface area contributed by atoms with Gasteiger partial charge in [-0.05, 0) is 70.3 Å². The molecule has 1 aromatic rings. The van der Waals surface area contributed by atoms with E-state index in [1.807, 2.05) is 31.2 Å². The molecular formula is C12H8I2N2O. The van der Waals surface area contributed by atoms with Crippen LogP contribution in [0.3, 0.4) is 0 Å². The van der Waals surface area contributed by atoms with Crippen molar-refractivity contribution in [3.63, 3.8) is 0 Å². The average Bonchev–Trinajstić information content (AvgIpc) is 2.30. The summed E-state index contributed by atoms with van der Waals surface area (Å²) in [6.07, 6.45) is 1.55. The predicted molar refractivity (Wildman–Crippen MR) is 82.2 cm³/mol. The van der Waals surface area contributed by atoms with E-state index in [4.69, 9.17) is 15.3 Å². The Morgan fingerprint density at radius 1 is 1.35 bits per heavy atom. The molecule has 17 heavy (non-hydrogen) atoms. The molecule has 0 bridgehead atoms. The van der Waals surface area contributed by atoms with Gasteiger partial charge in [0.1, 0.15) is 23.5 Å². The Balaban J connectivity index is 3.37. The third-order valence-corrected chi connectivity index (χ3v) is 3.29. The van der Waals surface area contributed by atoms with Crippen LogP contribution in [0.2, 0.25) is 0 Å². The molecule has 0 aliphatic heterocycles. The molecule has 0 heterocycles. The summed E-state index contributed by atoms with van der Waals surface area (Å²) in [5, 5.41) is 17.5. The van der Waals surface area contributed by atoms with Gasteiger partial charge in [0.25, 0.3) is 0 Å². The minimum absolute atomic E-state index is 0.0729. The topological polar surface area (TPSA) is 56.8 Å². The van der Waals surface area contributed by atoms with Crippen molar-refractivity contribution in [3.8, 4) is 17.9 Å². The van der Waals surface area contributed by atoms with E-state index in [2.05, 4.69) is 45.2 Å². The van der Waals surface area contributed by atoms with Gasteiger partial charge in [-0.2, -0.15) is 10.5 Å². The molecule has 0 atom stereocenters. The van der Waals surface area contributed by atoms with Gasteiger partial charge in [0, 0.05) is 9.13 Å². The fourth-order valence-electron chi connectivity index (χ4n) is 1.23. The van der Waals surface area contributed by atoms with E-state index < -0.39 is 0 Å². The summed E-state index contributed by atoms with van der Waals surface area (Å²) in [4.78, 5) is 0. The molecule has 0 aliphatic rings. The van der Waals surface area contributed by atoms with Gasteiger partial charge in [-0.25, -0.2) is 0 Å². The van der Waals surface area contributed by atoms with Crippen molar-refractivity contribution >= 4 is 51.3 Å². The van der Waals surface area contributed by atoms with Crippen LogP contribution in [0.25, 0.3) is 6.08 Å². The first-order chi connectivity index (χ1) is 8.12. The lowest BCUT2D eigenvalue weighted by Crippen LogP contribution is -1.97. The maximum atomic E-state index is 8.76. The number of nitrogens with zero attached hydrogens (tertiary/aromatic N) is 2. The molecule has 0 radical (unpaired) electrons. The highest BCUT2D eigenvalue weighted by Crippen LogP contribution is 2.30. The second-order valence-corrected chi connectivity index (χ2v) is 5.43. The highest BCUT2D eigenvalue weighted by molar-refractivity contribution is 14.1. The number of allylic oxidation sites excluding steroid dienone is 1. The summed E-state index contributed by atoms with van der Waals surface area (Å²) in [6, 6.07) is 7.58. The van der Waals surface area contributed by atoms with Crippen LogP contribution in [-0.2, 0) is 0 Å². The Morgan fingerprint density at radius 2 is 2.00 bits per heavy atom. The van der Waals surface area contributed by atoms with Gasteiger partial charge in [-0.15, -0.1) is 0 Å². The standard InChI is InChI=1S/C12H8I2N2O/c1-2-17-12-9(3-8(6-15)7-16)4-10(13)5-11(12)14/h3-5H,2H2,1H3. The monoisotopic (exact) mass is 450 g/mol. The van der Waals surface area contributed by atoms with Crippen molar-refractivity contribution in [2.24, 2.45) is 0 Å². The number of ether oxygens (including phenoxy) is 1. The maximum absolute atomic E-state index is 8.76. The molecule has 5 heteroatoms. The number of hydrogen-bond acceptors (Lipinski definition) is 3. The van der Waals surface area contributed by atoms with Crippen molar-refractivity contribution in [3.05, 3.63) is 30.4 Å². The lowest BCUT2D eigenvalue weighted by atomic mass is 10.1. The molecule has 0 unspecified atom stereocenters. The number of rotatable bonds is 3. The maximum Gasteiger partial charge on any atom is 0.139 e. The Morgan fingerprint density at radius 3 is 2.53 bits per heavy atom. The molecule has 3 nitrogen and oxygen atoms in total. The minimum Gasteiger partial charge on any atom is -0.492 e. The van der Waals surface area contributed by atoms with E-state index in [0.717, 1.165) is 18.5 Å². The predicted octanol–water partition coefficient (Wildman–Crippen LogP) is 3.73. The molecule has 0 saturated heterocycles. The smallest absolute Gasteiger partial charge is 0.139 e. The lowest BCUT2D eigenvalue weighted by Gasteiger charge is -2.10. The fraction of sp³-hybridized carbons (Fsp3) is 0.167. The Hall–Kier alpha value is -0.800. The highest BCUT2D eigenvalue weighted by atomic mass is 127. The van der Waals surface area contributed by atoms with Crippen molar-refractivity contribution in [2.45, 2.75) is 6.92 Å². The number of nitriles is 2. The zero-order chi connectivity index (χ0) is 12.8. The van der Waals surface area contributed by atoms with Gasteiger partial charge in [0.15, 0.2) is 0 Å². The van der Waals surface area contributed by atoms with Crippen LogP contribution in [0, 0.1) is 29.8 Å². The number of halogens is 2. The first kappa shape index (κ1) is 14.3. The SMILES string of the molecule is CCOc1c(I)cc(I)cc1C=C(C#N)C#N. The normalized spacial score (nSPS) is 9.00. The molecule has 0 N–H and O–H groups in total. The van der Waals surface area contributed by atoms with E-state index in [-0.39, 0.29) is 5.57 Å². The minimum atomic E-state index is 0.0729. The van der Waals surface area contributed by atoms with Crippen LogP contribution in [0.5, 0.6) is 5.75 Å². The molecule has 1 aromatic carbocycles. The second kappa shape index (κ2) is 6.82. The van der Waals surface area contributed by atoms with Gasteiger partial charge in [0.05, 0.1) is 10.2 Å². The van der Waals surface area contributed by atoms with E-state index in [0.29, 0.717) is 6.61 Å². The first-order valence-corrected chi connectivity index (χ1v) is 6.91. The largest absolute Gasteiger partial charge is 0.492 e.